The highest BCUT2D eigenvalue weighted by Gasteiger charge is 2.39. The lowest BCUT2D eigenvalue weighted by Gasteiger charge is -2.16. The normalized spacial score (nSPS) is 15.6. The summed E-state index contributed by atoms with van der Waals surface area (Å²) in [4.78, 5) is 37.8. The van der Waals surface area contributed by atoms with Crippen LogP contribution in [0.4, 0.5) is 0 Å². The van der Waals surface area contributed by atoms with Crippen LogP contribution in [0.3, 0.4) is 0 Å². The van der Waals surface area contributed by atoms with Gasteiger partial charge in [0.2, 0.25) is 11.8 Å². The van der Waals surface area contributed by atoms with E-state index in [9.17, 15) is 14.4 Å². The molecule has 0 spiro atoms. The first-order valence-corrected chi connectivity index (χ1v) is 15.1. The van der Waals surface area contributed by atoms with Gasteiger partial charge in [-0.25, -0.2) is 0 Å². The minimum atomic E-state index is -0.206. The summed E-state index contributed by atoms with van der Waals surface area (Å²) in [5, 5.41) is 0. The van der Waals surface area contributed by atoms with Gasteiger partial charge in [0.25, 0.3) is 0 Å². The van der Waals surface area contributed by atoms with Crippen molar-refractivity contribution in [3.63, 3.8) is 0 Å². The van der Waals surface area contributed by atoms with Crippen LogP contribution in [0.25, 0.3) is 0 Å². The van der Waals surface area contributed by atoms with Gasteiger partial charge < -0.3 is 23.7 Å². The van der Waals surface area contributed by atoms with Crippen molar-refractivity contribution < 1.29 is 38.1 Å². The number of ether oxygens (including phenoxy) is 5. The Morgan fingerprint density at radius 3 is 1.90 bits per heavy atom. The summed E-state index contributed by atoms with van der Waals surface area (Å²) in [6, 6.07) is 8.04. The van der Waals surface area contributed by atoms with Crippen molar-refractivity contribution in [2.24, 2.45) is 17.8 Å². The zero-order valence-corrected chi connectivity index (χ0v) is 25.6. The fourth-order valence-corrected chi connectivity index (χ4v) is 4.42. The smallest absolute Gasteiger partial charge is 0.233 e. The lowest BCUT2D eigenvalue weighted by atomic mass is 9.94. The maximum atomic E-state index is 12.2. The van der Waals surface area contributed by atoms with Crippen LogP contribution >= 0.6 is 0 Å². The lowest BCUT2D eigenvalue weighted by Crippen LogP contribution is -2.34. The summed E-state index contributed by atoms with van der Waals surface area (Å²) in [7, 11) is 0. The third kappa shape index (κ3) is 15.0. The molecule has 0 aromatic heterocycles. The van der Waals surface area contributed by atoms with E-state index in [4.69, 9.17) is 23.7 Å². The van der Waals surface area contributed by atoms with Crippen LogP contribution in [0.1, 0.15) is 64.5 Å². The van der Waals surface area contributed by atoms with Crippen molar-refractivity contribution in [1.82, 2.24) is 4.90 Å². The molecule has 0 N–H and O–H groups in total. The summed E-state index contributed by atoms with van der Waals surface area (Å²) < 4.78 is 27.7. The summed E-state index contributed by atoms with van der Waals surface area (Å²) in [6.07, 6.45) is 3.35. The van der Waals surface area contributed by atoms with Crippen LogP contribution in [0.2, 0.25) is 0 Å². The highest BCUT2D eigenvalue weighted by Crippen LogP contribution is 2.25. The van der Waals surface area contributed by atoms with Crippen molar-refractivity contribution in [3.8, 4) is 0 Å². The highest BCUT2D eigenvalue weighted by molar-refractivity contribution is 6.03. The summed E-state index contributed by atoms with van der Waals surface area (Å²) in [6.45, 7) is 13.3. The Kier molecular flexibility index (Phi) is 17.7. The van der Waals surface area contributed by atoms with Crippen LogP contribution < -0.4 is 0 Å². The van der Waals surface area contributed by atoms with E-state index in [0.29, 0.717) is 84.6 Å². The molecule has 0 bridgehead atoms. The molecule has 0 saturated carbocycles. The number of rotatable bonds is 24. The molecule has 1 fully saturated rings. The van der Waals surface area contributed by atoms with Crippen molar-refractivity contribution >= 4 is 17.6 Å². The minimum absolute atomic E-state index is 0.0900. The topological polar surface area (TPSA) is 101 Å². The molecule has 1 aromatic rings. The van der Waals surface area contributed by atoms with Crippen LogP contribution in [0.5, 0.6) is 0 Å². The monoisotopic (exact) mass is 577 g/mol. The van der Waals surface area contributed by atoms with Crippen molar-refractivity contribution in [1.29, 1.82) is 0 Å². The molecule has 1 atom stereocenters. The quantitative estimate of drug-likeness (QED) is 0.133. The largest absolute Gasteiger partial charge is 0.379 e. The Balaban J connectivity index is 1.36. The van der Waals surface area contributed by atoms with Crippen LogP contribution in [0, 0.1) is 17.8 Å². The first-order valence-electron chi connectivity index (χ1n) is 15.1. The van der Waals surface area contributed by atoms with E-state index < -0.39 is 0 Å². The average molecular weight is 578 g/mol. The average Bonchev–Trinajstić information content (AvgIpc) is 3.22. The van der Waals surface area contributed by atoms with E-state index in [1.807, 2.05) is 38.1 Å². The zero-order chi connectivity index (χ0) is 29.9. The van der Waals surface area contributed by atoms with Gasteiger partial charge in [0, 0.05) is 31.8 Å². The number of Topliss-reactive ketones (excluding diaryl/α,β-unsaturated/α-hetero) is 1. The van der Waals surface area contributed by atoms with E-state index >= 15 is 0 Å². The van der Waals surface area contributed by atoms with Crippen molar-refractivity contribution in [2.75, 3.05) is 66.0 Å². The van der Waals surface area contributed by atoms with Gasteiger partial charge in [-0.15, -0.1) is 0 Å². The Labute approximate surface area is 246 Å². The second-order valence-electron chi connectivity index (χ2n) is 11.3. The Morgan fingerprint density at radius 2 is 1.34 bits per heavy atom. The number of hydrogen-bond acceptors (Lipinski definition) is 8. The second-order valence-corrected chi connectivity index (χ2v) is 11.3. The molecular formula is C32H51NO8. The van der Waals surface area contributed by atoms with Gasteiger partial charge in [0.05, 0.1) is 66.0 Å². The van der Waals surface area contributed by atoms with Gasteiger partial charge >= 0.3 is 0 Å². The molecule has 0 radical (unpaired) electrons. The number of carbonyl (C=O) groups is 3. The first kappa shape index (κ1) is 35.0. The number of likely N-dealkylation sites (tertiary alicyclic amines) is 1. The molecule has 1 saturated heterocycles. The number of hydrogen-bond donors (Lipinski definition) is 0. The Morgan fingerprint density at radius 1 is 0.780 bits per heavy atom. The maximum absolute atomic E-state index is 12.2. The molecule has 1 aliphatic rings. The predicted molar refractivity (Wildman–Crippen MR) is 156 cm³/mol. The minimum Gasteiger partial charge on any atom is -0.379 e. The molecule has 232 valence electrons. The van der Waals surface area contributed by atoms with Gasteiger partial charge in [-0.1, -0.05) is 52.0 Å². The number of carbonyl (C=O) groups excluding carboxylic acids is 3. The lowest BCUT2D eigenvalue weighted by molar-refractivity contribution is -0.140. The molecule has 2 rings (SSSR count). The van der Waals surface area contributed by atoms with E-state index in [1.54, 1.807) is 0 Å². The molecule has 2 amide bonds. The van der Waals surface area contributed by atoms with Crippen LogP contribution in [-0.4, -0.2) is 88.5 Å². The summed E-state index contributed by atoms with van der Waals surface area (Å²) in [5.74, 6) is 0.612. The van der Waals surface area contributed by atoms with Crippen LogP contribution in [0.15, 0.2) is 24.3 Å². The molecule has 41 heavy (non-hydrogen) atoms. The highest BCUT2D eigenvalue weighted by atomic mass is 16.6. The van der Waals surface area contributed by atoms with Gasteiger partial charge in [-0.3, -0.25) is 19.3 Å². The zero-order valence-electron chi connectivity index (χ0n) is 25.6. The van der Waals surface area contributed by atoms with Gasteiger partial charge in [-0.05, 0) is 35.8 Å². The first-order chi connectivity index (χ1) is 19.8. The van der Waals surface area contributed by atoms with E-state index in [-0.39, 0.29) is 36.0 Å². The van der Waals surface area contributed by atoms with E-state index in [1.165, 1.54) is 11.3 Å². The molecule has 1 aliphatic heterocycles. The fraction of sp³-hybridized carbons (Fsp3) is 0.719. The number of amides is 2. The molecule has 1 aromatic carbocycles. The molecular weight excluding hydrogens is 526 g/mol. The Bertz CT molecular complexity index is 886. The van der Waals surface area contributed by atoms with E-state index in [2.05, 4.69) is 13.8 Å². The number of ketones is 1. The predicted octanol–water partition coefficient (Wildman–Crippen LogP) is 4.24. The molecule has 9 heteroatoms. The number of nitrogens with zero attached hydrogens (tertiary/aromatic N) is 1. The molecule has 1 heterocycles. The van der Waals surface area contributed by atoms with Crippen LogP contribution in [-0.2, 0) is 51.1 Å². The van der Waals surface area contributed by atoms with Gasteiger partial charge in [0.1, 0.15) is 5.78 Å². The number of benzene rings is 1. The second kappa shape index (κ2) is 20.7. The summed E-state index contributed by atoms with van der Waals surface area (Å²) in [5.41, 5.74) is 2.13. The maximum Gasteiger partial charge on any atom is 0.233 e. The van der Waals surface area contributed by atoms with Gasteiger partial charge in [0.15, 0.2) is 0 Å². The third-order valence-electron chi connectivity index (χ3n) is 6.95. The standard InChI is InChI=1S/C32H51NO8/c1-25(2)6-5-13-41-24-28-9-7-27(8-10-28)22-29(34)11-14-37-16-18-39-20-21-40-19-17-38-15-12-33-31(35)23-30(26(3)4)32(33)36/h7-10,25-26,30H,5-6,11-24H2,1-4H3. The van der Waals surface area contributed by atoms with Gasteiger partial charge in [-0.2, -0.15) is 0 Å². The number of imide groups is 1. The molecule has 0 aliphatic carbocycles. The molecule has 1 unspecified atom stereocenters. The molecule has 9 nitrogen and oxygen atoms in total. The van der Waals surface area contributed by atoms with Crippen molar-refractivity contribution in [2.45, 2.75) is 66.4 Å². The Hall–Kier alpha value is -2.17. The summed E-state index contributed by atoms with van der Waals surface area (Å²) >= 11 is 0. The SMILES string of the molecule is CC(C)CCCOCc1ccc(CC(=O)CCOCCOCCOCCOCCN2C(=O)CC(C(C)C)C2=O)cc1. The third-order valence-corrected chi connectivity index (χ3v) is 6.95. The van der Waals surface area contributed by atoms with Crippen molar-refractivity contribution in [3.05, 3.63) is 35.4 Å². The van der Waals surface area contributed by atoms with E-state index in [0.717, 1.165) is 24.2 Å². The fourth-order valence-electron chi connectivity index (χ4n) is 4.42.